The van der Waals surface area contributed by atoms with Crippen molar-refractivity contribution in [1.29, 1.82) is 0 Å². The largest absolute Gasteiger partial charge is 0.315 e. The van der Waals surface area contributed by atoms with Crippen LogP contribution in [0.1, 0.15) is 34.5 Å². The van der Waals surface area contributed by atoms with Gasteiger partial charge in [0.05, 0.1) is 10.7 Å². The Morgan fingerprint density at radius 3 is 2.75 bits per heavy atom. The van der Waals surface area contributed by atoms with Crippen LogP contribution in [0.4, 0.5) is 0 Å². The molecule has 0 atom stereocenters. The Balaban J connectivity index is 2.22. The van der Waals surface area contributed by atoms with Crippen LogP contribution in [0.2, 0.25) is 10.0 Å². The molecule has 2 aromatic rings. The molecule has 0 unspecified atom stereocenters. The van der Waals surface area contributed by atoms with Gasteiger partial charge in [0, 0.05) is 27.9 Å². The summed E-state index contributed by atoms with van der Waals surface area (Å²) < 4.78 is 0. The van der Waals surface area contributed by atoms with Crippen LogP contribution in [-0.2, 0) is 19.4 Å². The molecular weight excluding hydrogens is 311 g/mol. The number of aromatic nitrogens is 1. The van der Waals surface area contributed by atoms with Gasteiger partial charge in [-0.3, -0.25) is 0 Å². The van der Waals surface area contributed by atoms with E-state index >= 15 is 0 Å². The van der Waals surface area contributed by atoms with Gasteiger partial charge < -0.3 is 5.32 Å². The molecule has 0 aliphatic rings. The fourth-order valence-electron chi connectivity index (χ4n) is 2.07. The number of aryl methyl sites for hydroxylation is 1. The summed E-state index contributed by atoms with van der Waals surface area (Å²) in [5.41, 5.74) is 2.29. The summed E-state index contributed by atoms with van der Waals surface area (Å²) in [5, 5.41) is 5.69. The fourth-order valence-corrected chi connectivity index (χ4v) is 3.70. The van der Waals surface area contributed by atoms with Gasteiger partial charge in [-0.25, -0.2) is 4.98 Å². The van der Waals surface area contributed by atoms with Crippen LogP contribution in [-0.4, -0.2) is 12.0 Å². The molecular formula is C15H18Cl2N2S. The van der Waals surface area contributed by atoms with Crippen LogP contribution in [0.3, 0.4) is 0 Å². The highest BCUT2D eigenvalue weighted by molar-refractivity contribution is 7.11. The second kappa shape index (κ2) is 7.41. The first-order valence-corrected chi connectivity index (χ1v) is 8.27. The Morgan fingerprint density at radius 1 is 1.30 bits per heavy atom. The van der Waals surface area contributed by atoms with E-state index in [-0.39, 0.29) is 0 Å². The van der Waals surface area contributed by atoms with Crippen molar-refractivity contribution in [1.82, 2.24) is 10.3 Å². The van der Waals surface area contributed by atoms with Gasteiger partial charge in [0.25, 0.3) is 0 Å². The Bertz CT molecular complexity index is 558. The molecule has 0 radical (unpaired) electrons. The van der Waals surface area contributed by atoms with E-state index in [2.05, 4.69) is 12.2 Å². The van der Waals surface area contributed by atoms with Crippen LogP contribution in [0, 0.1) is 0 Å². The predicted octanol–water partition coefficient (Wildman–Crippen LogP) is 4.71. The lowest BCUT2D eigenvalue weighted by Crippen LogP contribution is -2.05. The molecule has 1 N–H and O–H groups in total. The third kappa shape index (κ3) is 3.95. The van der Waals surface area contributed by atoms with Crippen molar-refractivity contribution >= 4 is 34.5 Å². The number of nitrogens with one attached hydrogen (secondary N) is 1. The molecule has 2 rings (SSSR count). The van der Waals surface area contributed by atoms with E-state index in [9.17, 15) is 0 Å². The molecule has 0 aliphatic heterocycles. The lowest BCUT2D eigenvalue weighted by Gasteiger charge is -2.02. The van der Waals surface area contributed by atoms with Crippen LogP contribution in [0.25, 0.3) is 0 Å². The highest BCUT2D eigenvalue weighted by Crippen LogP contribution is 2.27. The molecule has 20 heavy (non-hydrogen) atoms. The zero-order chi connectivity index (χ0) is 14.5. The van der Waals surface area contributed by atoms with Crippen molar-refractivity contribution in [3.05, 3.63) is 49.4 Å². The number of hydrogen-bond donors (Lipinski definition) is 1. The van der Waals surface area contributed by atoms with Crippen molar-refractivity contribution in [2.24, 2.45) is 0 Å². The molecule has 0 amide bonds. The standard InChI is InChI=1S/C15H18Cl2N2S/c1-3-4-13-14(9-18-2)20-15(19-13)7-10-5-6-11(16)8-12(10)17/h5-6,8,18H,3-4,7,9H2,1-2H3. The predicted molar refractivity (Wildman–Crippen MR) is 88.1 cm³/mol. The number of rotatable bonds is 6. The summed E-state index contributed by atoms with van der Waals surface area (Å²) in [6.45, 7) is 3.06. The van der Waals surface area contributed by atoms with Gasteiger partial charge in [-0.2, -0.15) is 0 Å². The average Bonchev–Trinajstić information content (AvgIpc) is 2.76. The van der Waals surface area contributed by atoms with E-state index in [0.29, 0.717) is 10.0 Å². The van der Waals surface area contributed by atoms with Crippen molar-refractivity contribution in [2.45, 2.75) is 32.7 Å². The molecule has 0 aliphatic carbocycles. The molecule has 0 bridgehead atoms. The van der Waals surface area contributed by atoms with E-state index in [1.165, 1.54) is 10.6 Å². The smallest absolute Gasteiger partial charge is 0.0975 e. The van der Waals surface area contributed by atoms with Crippen molar-refractivity contribution in [3.8, 4) is 0 Å². The second-order valence-electron chi connectivity index (χ2n) is 4.67. The Morgan fingerprint density at radius 2 is 2.10 bits per heavy atom. The maximum Gasteiger partial charge on any atom is 0.0975 e. The zero-order valence-corrected chi connectivity index (χ0v) is 14.0. The minimum Gasteiger partial charge on any atom is -0.315 e. The van der Waals surface area contributed by atoms with E-state index in [1.54, 1.807) is 17.4 Å². The number of benzene rings is 1. The average molecular weight is 329 g/mol. The summed E-state index contributed by atoms with van der Waals surface area (Å²) >= 11 is 13.9. The van der Waals surface area contributed by atoms with Gasteiger partial charge in [-0.1, -0.05) is 42.6 Å². The topological polar surface area (TPSA) is 24.9 Å². The summed E-state index contributed by atoms with van der Waals surface area (Å²) in [5.74, 6) is 0. The lowest BCUT2D eigenvalue weighted by atomic mass is 10.1. The van der Waals surface area contributed by atoms with E-state index in [4.69, 9.17) is 28.2 Å². The zero-order valence-electron chi connectivity index (χ0n) is 11.7. The van der Waals surface area contributed by atoms with Crippen LogP contribution in [0.5, 0.6) is 0 Å². The van der Waals surface area contributed by atoms with Gasteiger partial charge in [0.15, 0.2) is 0 Å². The minimum absolute atomic E-state index is 0.667. The number of thiazole rings is 1. The maximum atomic E-state index is 6.23. The fraction of sp³-hybridized carbons (Fsp3) is 0.400. The molecule has 5 heteroatoms. The summed E-state index contributed by atoms with van der Waals surface area (Å²) in [4.78, 5) is 6.09. The van der Waals surface area contributed by atoms with Crippen molar-refractivity contribution in [3.63, 3.8) is 0 Å². The van der Waals surface area contributed by atoms with Gasteiger partial charge in [-0.05, 0) is 31.2 Å². The van der Waals surface area contributed by atoms with Gasteiger partial charge in [0.2, 0.25) is 0 Å². The van der Waals surface area contributed by atoms with E-state index in [1.807, 2.05) is 19.2 Å². The van der Waals surface area contributed by atoms with Gasteiger partial charge >= 0.3 is 0 Å². The monoisotopic (exact) mass is 328 g/mol. The maximum absolute atomic E-state index is 6.23. The highest BCUT2D eigenvalue weighted by atomic mass is 35.5. The molecule has 1 aromatic carbocycles. The molecule has 2 nitrogen and oxygen atoms in total. The third-order valence-corrected chi connectivity index (χ3v) is 4.69. The quantitative estimate of drug-likeness (QED) is 0.830. The number of nitrogens with zero attached hydrogens (tertiary/aromatic N) is 1. The second-order valence-corrected chi connectivity index (χ2v) is 6.68. The van der Waals surface area contributed by atoms with Crippen molar-refractivity contribution in [2.75, 3.05) is 7.05 Å². The van der Waals surface area contributed by atoms with Gasteiger partial charge in [-0.15, -0.1) is 11.3 Å². The Kier molecular flexibility index (Phi) is 5.85. The highest BCUT2D eigenvalue weighted by Gasteiger charge is 2.12. The normalized spacial score (nSPS) is 11.0. The molecule has 1 heterocycles. The first kappa shape index (κ1) is 15.8. The molecule has 108 valence electrons. The van der Waals surface area contributed by atoms with E-state index in [0.717, 1.165) is 36.4 Å². The molecule has 0 spiro atoms. The minimum atomic E-state index is 0.667. The Hall–Kier alpha value is -0.610. The molecule has 0 fully saturated rings. The van der Waals surface area contributed by atoms with Crippen molar-refractivity contribution < 1.29 is 0 Å². The summed E-state index contributed by atoms with van der Waals surface area (Å²) in [6, 6.07) is 5.63. The van der Waals surface area contributed by atoms with Crippen LogP contribution < -0.4 is 5.32 Å². The molecule has 0 saturated heterocycles. The summed E-state index contributed by atoms with van der Waals surface area (Å²) in [7, 11) is 1.96. The number of hydrogen-bond acceptors (Lipinski definition) is 3. The SMILES string of the molecule is CCCc1nc(Cc2ccc(Cl)cc2Cl)sc1CNC. The Labute approximate surface area is 134 Å². The third-order valence-electron chi connectivity index (χ3n) is 3.00. The first-order chi connectivity index (χ1) is 9.63. The molecule has 0 saturated carbocycles. The van der Waals surface area contributed by atoms with Crippen LogP contribution in [0.15, 0.2) is 18.2 Å². The van der Waals surface area contributed by atoms with Crippen LogP contribution >= 0.6 is 34.5 Å². The molecule has 1 aromatic heterocycles. The van der Waals surface area contributed by atoms with Gasteiger partial charge in [0.1, 0.15) is 0 Å². The summed E-state index contributed by atoms with van der Waals surface area (Å²) in [6.07, 6.45) is 2.91. The first-order valence-electron chi connectivity index (χ1n) is 6.70. The van der Waals surface area contributed by atoms with E-state index < -0.39 is 0 Å². The number of halogens is 2. The lowest BCUT2D eigenvalue weighted by molar-refractivity contribution is 0.796.